The Balaban J connectivity index is 1.68. The van der Waals surface area contributed by atoms with Crippen molar-refractivity contribution in [2.45, 2.75) is 0 Å². The Hall–Kier alpha value is -2.83. The lowest BCUT2D eigenvalue weighted by atomic mass is 10.0. The summed E-state index contributed by atoms with van der Waals surface area (Å²) in [6.07, 6.45) is 6.14. The van der Waals surface area contributed by atoms with Crippen molar-refractivity contribution in [2.24, 2.45) is 0 Å². The van der Waals surface area contributed by atoms with E-state index in [-0.39, 0.29) is 0 Å². The summed E-state index contributed by atoms with van der Waals surface area (Å²) in [6, 6.07) is 22.3. The van der Waals surface area contributed by atoms with E-state index in [1.165, 1.54) is 0 Å². The van der Waals surface area contributed by atoms with Crippen molar-refractivity contribution in [1.82, 2.24) is 0 Å². The van der Waals surface area contributed by atoms with Crippen molar-refractivity contribution in [3.63, 3.8) is 0 Å². The van der Waals surface area contributed by atoms with E-state index in [2.05, 4.69) is 30.4 Å². The molecule has 0 N–H and O–H groups in total. The number of ether oxygens (including phenoxy) is 1. The van der Waals surface area contributed by atoms with E-state index in [0.717, 1.165) is 43.9 Å². The molecule has 3 aromatic carbocycles. The molecule has 3 heteroatoms. The molecular weight excluding hydrogens is 339 g/mol. The van der Waals surface area contributed by atoms with Gasteiger partial charge in [0.05, 0.1) is 7.11 Å². The van der Waals surface area contributed by atoms with Crippen LogP contribution >= 0.6 is 7.14 Å². The number of methoxy groups -OCH3 is 1. The molecule has 0 aromatic heterocycles. The Morgan fingerprint density at radius 1 is 0.769 bits per heavy atom. The van der Waals surface area contributed by atoms with Crippen LogP contribution in [0.5, 0.6) is 5.75 Å². The van der Waals surface area contributed by atoms with Crippen molar-refractivity contribution in [3.8, 4) is 16.9 Å². The van der Waals surface area contributed by atoms with Gasteiger partial charge < -0.3 is 9.30 Å². The minimum atomic E-state index is -2.77. The average molecular weight is 356 g/mol. The monoisotopic (exact) mass is 356 g/mol. The molecule has 0 radical (unpaired) electrons. The van der Waals surface area contributed by atoms with Crippen LogP contribution in [0, 0.1) is 0 Å². The van der Waals surface area contributed by atoms with Gasteiger partial charge in [-0.3, -0.25) is 0 Å². The summed E-state index contributed by atoms with van der Waals surface area (Å²) in [5, 5.41) is 2.81. The maximum absolute atomic E-state index is 14.2. The molecule has 0 fully saturated rings. The molecule has 2 heterocycles. The van der Waals surface area contributed by atoms with E-state index in [1.54, 1.807) is 7.11 Å². The normalized spacial score (nSPS) is 19.3. The number of benzene rings is 3. The van der Waals surface area contributed by atoms with Gasteiger partial charge in [0.1, 0.15) is 5.75 Å². The quantitative estimate of drug-likeness (QED) is 0.600. The molecule has 2 aliphatic rings. The molecule has 2 aliphatic heterocycles. The number of allylic oxidation sites excluding steroid dienone is 2. The lowest BCUT2D eigenvalue weighted by molar-refractivity contribution is 0.415. The number of rotatable bonds is 2. The van der Waals surface area contributed by atoms with Crippen molar-refractivity contribution >= 4 is 29.9 Å². The van der Waals surface area contributed by atoms with Gasteiger partial charge in [-0.2, -0.15) is 0 Å². The Morgan fingerprint density at radius 3 is 2.35 bits per heavy atom. The zero-order valence-corrected chi connectivity index (χ0v) is 15.2. The average Bonchev–Trinajstić information content (AvgIpc) is 3.00. The fourth-order valence-electron chi connectivity index (χ4n) is 3.80. The Bertz CT molecular complexity index is 1140. The number of fused-ring (bicyclic) bond motifs is 5. The minimum absolute atomic E-state index is 0.831. The molecule has 3 aromatic rings. The van der Waals surface area contributed by atoms with Gasteiger partial charge in [-0.25, -0.2) is 0 Å². The second-order valence-corrected chi connectivity index (χ2v) is 9.27. The van der Waals surface area contributed by atoms with Crippen LogP contribution in [0.2, 0.25) is 0 Å². The molecule has 5 rings (SSSR count). The lowest BCUT2D eigenvalue weighted by Gasteiger charge is -2.22. The Kier molecular flexibility index (Phi) is 3.32. The van der Waals surface area contributed by atoms with E-state index >= 15 is 0 Å². The Morgan fingerprint density at radius 2 is 1.54 bits per heavy atom. The summed E-state index contributed by atoms with van der Waals surface area (Å²) in [5.74, 6) is 0.831. The predicted octanol–water partition coefficient (Wildman–Crippen LogP) is 5.06. The third-order valence-corrected chi connectivity index (χ3v) is 8.33. The first-order valence-corrected chi connectivity index (χ1v) is 10.3. The second-order valence-electron chi connectivity index (χ2n) is 6.57. The highest BCUT2D eigenvalue weighted by molar-refractivity contribution is 7.83. The summed E-state index contributed by atoms with van der Waals surface area (Å²) in [5.41, 5.74) is 4.27. The van der Waals surface area contributed by atoms with Gasteiger partial charge in [0.2, 0.25) is 0 Å². The molecule has 0 spiro atoms. The highest BCUT2D eigenvalue weighted by atomic mass is 31.2. The van der Waals surface area contributed by atoms with Gasteiger partial charge in [-0.1, -0.05) is 60.7 Å². The van der Waals surface area contributed by atoms with Gasteiger partial charge in [0.25, 0.3) is 0 Å². The fourth-order valence-corrected chi connectivity index (χ4v) is 6.86. The van der Waals surface area contributed by atoms with E-state index in [1.807, 2.05) is 54.6 Å². The highest BCUT2D eigenvalue weighted by Crippen LogP contribution is 2.60. The number of hydrogen-bond donors (Lipinski definition) is 0. The van der Waals surface area contributed by atoms with Crippen LogP contribution in [0.4, 0.5) is 0 Å². The van der Waals surface area contributed by atoms with Crippen LogP contribution in [-0.2, 0) is 4.57 Å². The molecule has 1 unspecified atom stereocenters. The maximum Gasteiger partial charge on any atom is 0.172 e. The van der Waals surface area contributed by atoms with Crippen LogP contribution in [0.25, 0.3) is 23.3 Å². The molecule has 26 heavy (non-hydrogen) atoms. The third-order valence-electron chi connectivity index (χ3n) is 5.17. The molecule has 0 aliphatic carbocycles. The van der Waals surface area contributed by atoms with E-state index in [4.69, 9.17) is 4.74 Å². The molecule has 126 valence electrons. The zero-order valence-electron chi connectivity index (χ0n) is 14.3. The summed E-state index contributed by atoms with van der Waals surface area (Å²) in [7, 11) is -1.10. The first kappa shape index (κ1) is 15.4. The molecular formula is C23H17O2P. The first-order chi connectivity index (χ1) is 12.7. The van der Waals surface area contributed by atoms with Gasteiger partial charge in [0, 0.05) is 15.9 Å². The van der Waals surface area contributed by atoms with Gasteiger partial charge in [-0.15, -0.1) is 0 Å². The van der Waals surface area contributed by atoms with Crippen LogP contribution in [0.15, 0.2) is 78.1 Å². The topological polar surface area (TPSA) is 26.3 Å². The lowest BCUT2D eigenvalue weighted by Crippen LogP contribution is -2.19. The minimum Gasteiger partial charge on any atom is -0.497 e. The van der Waals surface area contributed by atoms with E-state index in [0.29, 0.717) is 0 Å². The third kappa shape index (κ3) is 2.09. The zero-order chi connectivity index (χ0) is 17.7. The molecule has 0 bridgehead atoms. The summed E-state index contributed by atoms with van der Waals surface area (Å²) >= 11 is 0. The summed E-state index contributed by atoms with van der Waals surface area (Å²) < 4.78 is 19.4. The molecule has 0 saturated carbocycles. The van der Waals surface area contributed by atoms with Crippen molar-refractivity contribution in [3.05, 3.63) is 89.2 Å². The van der Waals surface area contributed by atoms with Crippen LogP contribution in [0.3, 0.4) is 0 Å². The van der Waals surface area contributed by atoms with Gasteiger partial charge in [-0.05, 0) is 46.5 Å². The fraction of sp³-hybridized carbons (Fsp3) is 0.0435. The number of hydrogen-bond acceptors (Lipinski definition) is 2. The van der Waals surface area contributed by atoms with E-state index < -0.39 is 7.14 Å². The second kappa shape index (κ2) is 5.59. The van der Waals surface area contributed by atoms with Gasteiger partial charge >= 0.3 is 0 Å². The van der Waals surface area contributed by atoms with E-state index in [9.17, 15) is 4.57 Å². The van der Waals surface area contributed by atoms with Crippen LogP contribution in [0.1, 0.15) is 11.1 Å². The summed E-state index contributed by atoms with van der Waals surface area (Å²) in [4.78, 5) is 0. The Labute approximate surface area is 152 Å². The first-order valence-electron chi connectivity index (χ1n) is 8.59. The largest absolute Gasteiger partial charge is 0.497 e. The predicted molar refractivity (Wildman–Crippen MR) is 109 cm³/mol. The van der Waals surface area contributed by atoms with Crippen molar-refractivity contribution in [1.29, 1.82) is 0 Å². The van der Waals surface area contributed by atoms with Crippen molar-refractivity contribution < 1.29 is 9.30 Å². The standard InChI is InChI=1S/C23H17O2P/c1-25-20-11-8-16(9-12-20)18-6-7-19-14-21-13-10-17-4-2-3-5-22(17)26(21,24)23(19)15-18/h2-15H,1H3. The summed E-state index contributed by atoms with van der Waals surface area (Å²) in [6.45, 7) is 0. The highest BCUT2D eigenvalue weighted by Gasteiger charge is 2.39. The van der Waals surface area contributed by atoms with Crippen LogP contribution in [-0.4, -0.2) is 7.11 Å². The van der Waals surface area contributed by atoms with Gasteiger partial charge in [0.15, 0.2) is 7.14 Å². The maximum atomic E-state index is 14.2. The molecule has 0 saturated heterocycles. The van der Waals surface area contributed by atoms with Crippen molar-refractivity contribution in [2.75, 3.05) is 7.11 Å². The molecule has 1 atom stereocenters. The SMILES string of the molecule is COc1ccc(-c2ccc3c(c2)P2(=O)C(=C3)C=Cc3ccccc32)cc1. The van der Waals surface area contributed by atoms with Crippen LogP contribution < -0.4 is 15.3 Å². The molecule has 2 nitrogen and oxygen atoms in total. The molecule has 0 amide bonds. The smallest absolute Gasteiger partial charge is 0.172 e.